The number of carbonyl (C=O) groups excluding carboxylic acids is 1. The van der Waals surface area contributed by atoms with Crippen LogP contribution in [0.3, 0.4) is 0 Å². The Morgan fingerprint density at radius 2 is 2.17 bits per heavy atom. The van der Waals surface area contributed by atoms with E-state index >= 15 is 0 Å². The largest absolute Gasteiger partial charge is 0.492 e. The van der Waals surface area contributed by atoms with Crippen LogP contribution in [-0.2, 0) is 4.74 Å². The van der Waals surface area contributed by atoms with Crippen LogP contribution in [0.5, 0.6) is 5.75 Å². The van der Waals surface area contributed by atoms with Gasteiger partial charge in [-0.3, -0.25) is 4.79 Å². The number of amides is 1. The maximum atomic E-state index is 12.9. The third kappa shape index (κ3) is 3.79. The van der Waals surface area contributed by atoms with Gasteiger partial charge in [0, 0.05) is 25.1 Å². The molecule has 24 heavy (non-hydrogen) atoms. The topological polar surface area (TPSA) is 38.8 Å². The molecule has 2 aromatic rings. The molecule has 0 radical (unpaired) electrons. The minimum absolute atomic E-state index is 0.00105. The fourth-order valence-electron chi connectivity index (χ4n) is 2.88. The second-order valence-electron chi connectivity index (χ2n) is 5.92. The number of thiophene rings is 1. The van der Waals surface area contributed by atoms with Crippen LogP contribution in [0.4, 0.5) is 0 Å². The van der Waals surface area contributed by atoms with Gasteiger partial charge in [-0.15, -0.1) is 11.3 Å². The fourth-order valence-corrected chi connectivity index (χ4v) is 3.98. The summed E-state index contributed by atoms with van der Waals surface area (Å²) in [7, 11) is 1.83. The Balaban J connectivity index is 1.82. The van der Waals surface area contributed by atoms with Crippen LogP contribution in [0.2, 0.25) is 0 Å². The monoisotopic (exact) mass is 345 g/mol. The van der Waals surface area contributed by atoms with E-state index in [1.807, 2.05) is 50.4 Å². The molecule has 1 aliphatic heterocycles. The molecule has 1 amide bonds. The summed E-state index contributed by atoms with van der Waals surface area (Å²) >= 11 is 1.49. The molecule has 3 rings (SSSR count). The summed E-state index contributed by atoms with van der Waals surface area (Å²) in [6.07, 6.45) is 2.26. The summed E-state index contributed by atoms with van der Waals surface area (Å²) in [6, 6.07) is 12.1. The van der Waals surface area contributed by atoms with Gasteiger partial charge in [-0.1, -0.05) is 30.3 Å². The lowest BCUT2D eigenvalue weighted by Crippen LogP contribution is -2.33. The van der Waals surface area contributed by atoms with Crippen LogP contribution in [0, 0.1) is 0 Å². The molecule has 0 aliphatic carbocycles. The first-order valence-corrected chi connectivity index (χ1v) is 9.19. The minimum Gasteiger partial charge on any atom is -0.492 e. The second-order valence-corrected chi connectivity index (χ2v) is 6.98. The van der Waals surface area contributed by atoms with Gasteiger partial charge in [0.15, 0.2) is 0 Å². The van der Waals surface area contributed by atoms with Crippen molar-refractivity contribution in [1.82, 2.24) is 4.90 Å². The minimum atomic E-state index is 0.00105. The Kier molecular flexibility index (Phi) is 5.53. The summed E-state index contributed by atoms with van der Waals surface area (Å²) in [4.78, 5) is 16.3. The number of nitrogens with zero attached hydrogens (tertiary/aromatic N) is 1. The normalized spacial score (nSPS) is 17.0. The molecule has 4 nitrogen and oxygen atoms in total. The average molecular weight is 345 g/mol. The third-order valence-electron chi connectivity index (χ3n) is 4.10. The molecule has 128 valence electrons. The van der Waals surface area contributed by atoms with Crippen molar-refractivity contribution in [2.45, 2.75) is 25.9 Å². The van der Waals surface area contributed by atoms with Crippen molar-refractivity contribution in [3.8, 4) is 16.2 Å². The lowest BCUT2D eigenvalue weighted by Gasteiger charge is -2.20. The maximum absolute atomic E-state index is 12.9. The number of carbonyl (C=O) groups is 1. The molecule has 1 aromatic carbocycles. The standard InChI is InChI=1S/C19H23NO3S/c1-3-22-16-12-17(14-8-5-4-6-9-14)24-18(16)19(21)20(2)13-15-10-7-11-23-15/h4-6,8-9,12,15H,3,7,10-11,13H2,1-2H3. The third-order valence-corrected chi connectivity index (χ3v) is 5.25. The van der Waals surface area contributed by atoms with E-state index in [0.717, 1.165) is 29.9 Å². The molecular formula is C19H23NO3S. The van der Waals surface area contributed by atoms with E-state index in [1.54, 1.807) is 4.90 Å². The van der Waals surface area contributed by atoms with Gasteiger partial charge in [-0.2, -0.15) is 0 Å². The summed E-state index contributed by atoms with van der Waals surface area (Å²) in [5, 5.41) is 0. The van der Waals surface area contributed by atoms with Crippen LogP contribution in [0.15, 0.2) is 36.4 Å². The number of hydrogen-bond donors (Lipinski definition) is 0. The highest BCUT2D eigenvalue weighted by molar-refractivity contribution is 7.17. The molecule has 2 heterocycles. The molecule has 1 fully saturated rings. The number of benzene rings is 1. The van der Waals surface area contributed by atoms with Crippen molar-refractivity contribution in [2.24, 2.45) is 0 Å². The molecule has 0 N–H and O–H groups in total. The number of hydrogen-bond acceptors (Lipinski definition) is 4. The first kappa shape index (κ1) is 17.0. The van der Waals surface area contributed by atoms with E-state index in [4.69, 9.17) is 9.47 Å². The van der Waals surface area contributed by atoms with Crippen LogP contribution in [0.25, 0.3) is 10.4 Å². The molecule has 1 atom stereocenters. The molecule has 1 saturated heterocycles. The summed E-state index contributed by atoms with van der Waals surface area (Å²) in [6.45, 7) is 3.90. The SMILES string of the molecule is CCOc1cc(-c2ccccc2)sc1C(=O)N(C)CC1CCCO1. The zero-order valence-corrected chi connectivity index (χ0v) is 15.0. The first-order valence-electron chi connectivity index (χ1n) is 8.38. The number of ether oxygens (including phenoxy) is 2. The molecular weight excluding hydrogens is 322 g/mol. The van der Waals surface area contributed by atoms with Gasteiger partial charge in [0.05, 0.1) is 12.7 Å². The van der Waals surface area contributed by atoms with Gasteiger partial charge in [-0.05, 0) is 31.4 Å². The second kappa shape index (κ2) is 7.81. The van der Waals surface area contributed by atoms with E-state index in [2.05, 4.69) is 0 Å². The summed E-state index contributed by atoms with van der Waals surface area (Å²) in [5.41, 5.74) is 1.10. The molecule has 0 bridgehead atoms. The summed E-state index contributed by atoms with van der Waals surface area (Å²) < 4.78 is 11.4. The van der Waals surface area contributed by atoms with Crippen molar-refractivity contribution in [3.63, 3.8) is 0 Å². The lowest BCUT2D eigenvalue weighted by atomic mass is 10.2. The Labute approximate surface area is 147 Å². The van der Waals surface area contributed by atoms with E-state index in [1.165, 1.54) is 11.3 Å². The predicted octanol–water partition coefficient (Wildman–Crippen LogP) is 4.06. The van der Waals surface area contributed by atoms with Gasteiger partial charge < -0.3 is 14.4 Å². The zero-order valence-electron chi connectivity index (χ0n) is 14.2. The smallest absolute Gasteiger partial charge is 0.267 e. The van der Waals surface area contributed by atoms with E-state index in [9.17, 15) is 4.79 Å². The molecule has 0 spiro atoms. The van der Waals surface area contributed by atoms with Gasteiger partial charge in [-0.25, -0.2) is 0 Å². The van der Waals surface area contributed by atoms with Gasteiger partial charge in [0.2, 0.25) is 0 Å². The van der Waals surface area contributed by atoms with Gasteiger partial charge in [0.1, 0.15) is 10.6 Å². The Morgan fingerprint density at radius 1 is 1.38 bits per heavy atom. The van der Waals surface area contributed by atoms with Crippen molar-refractivity contribution in [3.05, 3.63) is 41.3 Å². The molecule has 1 aliphatic rings. The van der Waals surface area contributed by atoms with Crippen LogP contribution < -0.4 is 4.74 Å². The fraction of sp³-hybridized carbons (Fsp3) is 0.421. The highest BCUT2D eigenvalue weighted by Gasteiger charge is 2.25. The quantitative estimate of drug-likeness (QED) is 0.792. The maximum Gasteiger partial charge on any atom is 0.267 e. The molecule has 5 heteroatoms. The summed E-state index contributed by atoms with van der Waals surface area (Å²) in [5.74, 6) is 0.673. The van der Waals surface area contributed by atoms with Crippen LogP contribution in [-0.4, -0.2) is 43.7 Å². The first-order chi connectivity index (χ1) is 11.7. The van der Waals surface area contributed by atoms with E-state index in [-0.39, 0.29) is 12.0 Å². The highest BCUT2D eigenvalue weighted by Crippen LogP contribution is 2.37. The Bertz CT molecular complexity index is 677. The number of rotatable bonds is 6. The van der Waals surface area contributed by atoms with Crippen molar-refractivity contribution < 1.29 is 14.3 Å². The van der Waals surface area contributed by atoms with Gasteiger partial charge >= 0.3 is 0 Å². The van der Waals surface area contributed by atoms with Crippen molar-refractivity contribution in [1.29, 1.82) is 0 Å². The van der Waals surface area contributed by atoms with E-state index < -0.39 is 0 Å². The predicted molar refractivity (Wildman–Crippen MR) is 96.9 cm³/mol. The molecule has 1 aromatic heterocycles. The van der Waals surface area contributed by atoms with Crippen molar-refractivity contribution >= 4 is 17.2 Å². The lowest BCUT2D eigenvalue weighted by molar-refractivity contribution is 0.0588. The number of likely N-dealkylation sites (N-methyl/N-ethyl adjacent to an activating group) is 1. The van der Waals surface area contributed by atoms with E-state index in [0.29, 0.717) is 23.8 Å². The Morgan fingerprint density at radius 3 is 2.83 bits per heavy atom. The molecule has 0 saturated carbocycles. The zero-order chi connectivity index (χ0) is 16.9. The highest BCUT2D eigenvalue weighted by atomic mass is 32.1. The van der Waals surface area contributed by atoms with Gasteiger partial charge in [0.25, 0.3) is 5.91 Å². The average Bonchev–Trinajstić information content (AvgIpc) is 3.25. The van der Waals surface area contributed by atoms with Crippen LogP contribution in [0.1, 0.15) is 29.4 Å². The van der Waals surface area contributed by atoms with Crippen LogP contribution >= 0.6 is 11.3 Å². The molecule has 1 unspecified atom stereocenters. The van der Waals surface area contributed by atoms with Crippen molar-refractivity contribution in [2.75, 3.05) is 26.8 Å². The Hall–Kier alpha value is -1.85.